The fraction of sp³-hybridized carbons (Fsp3) is 0.133. The van der Waals surface area contributed by atoms with Gasteiger partial charge >= 0.3 is 5.97 Å². The highest BCUT2D eigenvalue weighted by Crippen LogP contribution is 2.27. The van der Waals surface area contributed by atoms with Gasteiger partial charge in [0.05, 0.1) is 15.5 Å². The lowest BCUT2D eigenvalue weighted by Crippen LogP contribution is -2.15. The lowest BCUT2D eigenvalue weighted by atomic mass is 10.2. The van der Waals surface area contributed by atoms with E-state index in [1.807, 2.05) is 0 Å². The van der Waals surface area contributed by atoms with Crippen molar-refractivity contribution < 1.29 is 19.2 Å². The first-order valence-electron chi connectivity index (χ1n) is 6.43. The lowest BCUT2D eigenvalue weighted by Gasteiger charge is -2.08. The largest absolute Gasteiger partial charge is 0.480 e. The Bertz CT molecular complexity index is 736. The summed E-state index contributed by atoms with van der Waals surface area (Å²) >= 11 is 11.7. The van der Waals surface area contributed by atoms with Crippen molar-refractivity contribution in [1.29, 1.82) is 0 Å². The van der Waals surface area contributed by atoms with E-state index in [9.17, 15) is 14.9 Å². The van der Waals surface area contributed by atoms with Crippen LogP contribution in [0.1, 0.15) is 5.56 Å². The number of nitro benzene ring substituents is 1. The number of hydrogen-bond acceptors (Lipinski definition) is 5. The maximum atomic E-state index is 11.7. The molecule has 0 saturated heterocycles. The van der Waals surface area contributed by atoms with E-state index >= 15 is 0 Å². The van der Waals surface area contributed by atoms with Crippen molar-refractivity contribution >= 4 is 34.9 Å². The van der Waals surface area contributed by atoms with Crippen LogP contribution < -0.4 is 4.74 Å². The van der Waals surface area contributed by atoms with Crippen LogP contribution in [-0.4, -0.2) is 17.5 Å². The summed E-state index contributed by atoms with van der Waals surface area (Å²) in [6.07, 6.45) is 0. The van der Waals surface area contributed by atoms with Gasteiger partial charge in [-0.1, -0.05) is 35.3 Å². The van der Waals surface area contributed by atoms with Gasteiger partial charge in [-0.3, -0.25) is 10.1 Å². The quantitative estimate of drug-likeness (QED) is 0.444. The molecule has 0 aliphatic heterocycles. The van der Waals surface area contributed by atoms with Crippen LogP contribution in [0.3, 0.4) is 0 Å². The van der Waals surface area contributed by atoms with Gasteiger partial charge in [0.1, 0.15) is 12.4 Å². The first-order valence-corrected chi connectivity index (χ1v) is 7.18. The van der Waals surface area contributed by atoms with Crippen molar-refractivity contribution in [3.8, 4) is 5.75 Å². The van der Waals surface area contributed by atoms with Gasteiger partial charge in [0.15, 0.2) is 6.61 Å². The maximum Gasteiger partial charge on any atom is 0.344 e. The SMILES string of the molecule is O=C(COc1ccc(Cl)cc1Cl)OCc1ccccc1[N+](=O)[O-]. The van der Waals surface area contributed by atoms with Crippen LogP contribution in [-0.2, 0) is 16.1 Å². The molecule has 0 aliphatic carbocycles. The summed E-state index contributed by atoms with van der Waals surface area (Å²) in [7, 11) is 0. The van der Waals surface area contributed by atoms with Crippen LogP contribution in [0, 0.1) is 10.1 Å². The minimum Gasteiger partial charge on any atom is -0.480 e. The van der Waals surface area contributed by atoms with Gasteiger partial charge in [0.25, 0.3) is 5.69 Å². The minimum absolute atomic E-state index is 0.109. The normalized spacial score (nSPS) is 10.2. The van der Waals surface area contributed by atoms with Gasteiger partial charge < -0.3 is 9.47 Å². The number of halogens is 2. The number of carbonyl (C=O) groups excluding carboxylic acids is 1. The second-order valence-corrected chi connectivity index (χ2v) is 5.25. The number of para-hydroxylation sites is 1. The third-order valence-electron chi connectivity index (χ3n) is 2.82. The van der Waals surface area contributed by atoms with Crippen molar-refractivity contribution in [1.82, 2.24) is 0 Å². The Kier molecular flexibility index (Phi) is 5.78. The van der Waals surface area contributed by atoms with E-state index < -0.39 is 10.9 Å². The van der Waals surface area contributed by atoms with E-state index in [1.54, 1.807) is 12.1 Å². The molecule has 0 aromatic heterocycles. The molecule has 8 heteroatoms. The molecule has 2 rings (SSSR count). The molecule has 2 aromatic rings. The molecule has 0 N–H and O–H groups in total. The summed E-state index contributed by atoms with van der Waals surface area (Å²) < 4.78 is 10.2. The molecule has 0 fully saturated rings. The highest BCUT2D eigenvalue weighted by molar-refractivity contribution is 6.35. The maximum absolute atomic E-state index is 11.7. The van der Waals surface area contributed by atoms with Crippen molar-refractivity contribution in [3.05, 3.63) is 68.2 Å². The molecule has 0 atom stereocenters. The zero-order chi connectivity index (χ0) is 16.8. The molecule has 0 unspecified atom stereocenters. The van der Waals surface area contributed by atoms with E-state index in [2.05, 4.69) is 0 Å². The number of hydrogen-bond donors (Lipinski definition) is 0. The molecular formula is C15H11Cl2NO5. The average Bonchev–Trinajstić information content (AvgIpc) is 2.52. The molecule has 0 bridgehead atoms. The summed E-state index contributed by atoms with van der Waals surface area (Å²) in [6, 6.07) is 10.6. The van der Waals surface area contributed by atoms with Gasteiger partial charge in [-0.2, -0.15) is 0 Å². The van der Waals surface area contributed by atoms with Crippen molar-refractivity contribution in [2.45, 2.75) is 6.61 Å². The molecule has 0 heterocycles. The number of esters is 1. The molecule has 0 aliphatic rings. The Labute approximate surface area is 141 Å². The zero-order valence-electron chi connectivity index (χ0n) is 11.7. The Morgan fingerprint density at radius 2 is 1.91 bits per heavy atom. The number of nitro groups is 1. The van der Waals surface area contributed by atoms with Crippen LogP contribution in [0.15, 0.2) is 42.5 Å². The Hall–Kier alpha value is -2.31. The molecule has 0 spiro atoms. The number of ether oxygens (including phenoxy) is 2. The number of benzene rings is 2. The first kappa shape index (κ1) is 17.1. The smallest absolute Gasteiger partial charge is 0.344 e. The van der Waals surface area contributed by atoms with Crippen LogP contribution in [0.5, 0.6) is 5.75 Å². The van der Waals surface area contributed by atoms with Crippen LogP contribution in [0.25, 0.3) is 0 Å². The molecule has 0 amide bonds. The monoisotopic (exact) mass is 355 g/mol. The summed E-state index contributed by atoms with van der Waals surface area (Å²) in [6.45, 7) is -0.588. The van der Waals surface area contributed by atoms with E-state index in [-0.39, 0.29) is 23.9 Å². The predicted molar refractivity (Wildman–Crippen MR) is 84.8 cm³/mol. The summed E-state index contributed by atoms with van der Waals surface area (Å²) in [5.74, 6) is -0.382. The standard InChI is InChI=1S/C15H11Cl2NO5/c16-11-5-6-14(12(17)7-11)22-9-15(19)23-8-10-3-1-2-4-13(10)18(20)21/h1-7H,8-9H2. The molecule has 23 heavy (non-hydrogen) atoms. The Morgan fingerprint density at radius 1 is 1.17 bits per heavy atom. The highest BCUT2D eigenvalue weighted by atomic mass is 35.5. The fourth-order valence-electron chi connectivity index (χ4n) is 1.74. The van der Waals surface area contributed by atoms with Crippen molar-refractivity contribution in [2.24, 2.45) is 0 Å². The third-order valence-corrected chi connectivity index (χ3v) is 3.35. The Morgan fingerprint density at radius 3 is 2.61 bits per heavy atom. The molecule has 0 radical (unpaired) electrons. The van der Waals surface area contributed by atoms with E-state index in [1.165, 1.54) is 30.3 Å². The van der Waals surface area contributed by atoms with Crippen LogP contribution >= 0.6 is 23.2 Å². The summed E-state index contributed by atoms with van der Waals surface area (Å²) in [5.41, 5.74) is 0.192. The van der Waals surface area contributed by atoms with E-state index in [4.69, 9.17) is 32.7 Å². The molecule has 0 saturated carbocycles. The van der Waals surface area contributed by atoms with Gasteiger partial charge in [-0.05, 0) is 24.3 Å². The fourth-order valence-corrected chi connectivity index (χ4v) is 2.20. The summed E-state index contributed by atoms with van der Waals surface area (Å²) in [5, 5.41) is 11.6. The molecule has 2 aromatic carbocycles. The summed E-state index contributed by atoms with van der Waals surface area (Å²) in [4.78, 5) is 22.0. The number of nitrogens with zero attached hydrogens (tertiary/aromatic N) is 1. The van der Waals surface area contributed by atoms with E-state index in [0.717, 1.165) is 0 Å². The zero-order valence-corrected chi connectivity index (χ0v) is 13.2. The average molecular weight is 356 g/mol. The first-order chi connectivity index (χ1) is 11.0. The van der Waals surface area contributed by atoms with Gasteiger partial charge in [0.2, 0.25) is 0 Å². The predicted octanol–water partition coefficient (Wildman–Crippen LogP) is 4.02. The van der Waals surface area contributed by atoms with Crippen LogP contribution in [0.2, 0.25) is 10.0 Å². The number of carbonyl (C=O) groups is 1. The highest BCUT2D eigenvalue weighted by Gasteiger charge is 2.14. The van der Waals surface area contributed by atoms with Crippen LogP contribution in [0.4, 0.5) is 5.69 Å². The Balaban J connectivity index is 1.90. The minimum atomic E-state index is -0.672. The molecule has 6 nitrogen and oxygen atoms in total. The third kappa shape index (κ3) is 4.84. The molecular weight excluding hydrogens is 345 g/mol. The van der Waals surface area contributed by atoms with Gasteiger partial charge in [-0.15, -0.1) is 0 Å². The van der Waals surface area contributed by atoms with E-state index in [0.29, 0.717) is 16.3 Å². The van der Waals surface area contributed by atoms with Crippen molar-refractivity contribution in [3.63, 3.8) is 0 Å². The van der Waals surface area contributed by atoms with Gasteiger partial charge in [-0.25, -0.2) is 4.79 Å². The molecule has 120 valence electrons. The second-order valence-electron chi connectivity index (χ2n) is 4.41. The second kappa shape index (κ2) is 7.80. The topological polar surface area (TPSA) is 78.7 Å². The lowest BCUT2D eigenvalue weighted by molar-refractivity contribution is -0.385. The van der Waals surface area contributed by atoms with Gasteiger partial charge in [0, 0.05) is 11.1 Å². The van der Waals surface area contributed by atoms with Crippen molar-refractivity contribution in [2.75, 3.05) is 6.61 Å². The number of rotatable bonds is 6.